The van der Waals surface area contributed by atoms with Gasteiger partial charge in [0, 0.05) is 17.8 Å². The van der Waals surface area contributed by atoms with Crippen molar-refractivity contribution < 1.29 is 14.5 Å². The van der Waals surface area contributed by atoms with Gasteiger partial charge in [-0.3, -0.25) is 24.6 Å². The lowest BCUT2D eigenvalue weighted by atomic mass is 10.1. The summed E-state index contributed by atoms with van der Waals surface area (Å²) in [5.41, 5.74) is 2.62. The molecule has 2 aromatic rings. The van der Waals surface area contributed by atoms with E-state index in [2.05, 4.69) is 10.6 Å². The summed E-state index contributed by atoms with van der Waals surface area (Å²) < 4.78 is 0. The number of hydrogen-bond donors (Lipinski definition) is 2. The Balaban J connectivity index is 2.01. The maximum atomic E-state index is 12.5. The maximum absolute atomic E-state index is 12.5. The van der Waals surface area contributed by atoms with Gasteiger partial charge in [-0.25, -0.2) is 0 Å². The van der Waals surface area contributed by atoms with Crippen LogP contribution in [0.2, 0.25) is 5.02 Å². The molecule has 0 spiro atoms. The van der Waals surface area contributed by atoms with Gasteiger partial charge in [0.15, 0.2) is 0 Å². The number of halogens is 1. The molecule has 2 rings (SSSR count). The Morgan fingerprint density at radius 3 is 2.38 bits per heavy atom. The van der Waals surface area contributed by atoms with Crippen LogP contribution in [0.5, 0.6) is 0 Å². The fourth-order valence-corrected chi connectivity index (χ4v) is 2.88. The molecule has 0 aliphatic carbocycles. The van der Waals surface area contributed by atoms with Crippen molar-refractivity contribution in [2.75, 3.05) is 24.2 Å². The molecule has 0 radical (unpaired) electrons. The van der Waals surface area contributed by atoms with Gasteiger partial charge in [-0.2, -0.15) is 0 Å². The quantitative estimate of drug-likeness (QED) is 0.526. The third kappa shape index (κ3) is 5.75. The molecule has 0 heterocycles. The van der Waals surface area contributed by atoms with E-state index in [1.807, 2.05) is 32.0 Å². The van der Waals surface area contributed by atoms with E-state index in [9.17, 15) is 19.7 Å². The number of likely N-dealkylation sites (N-methyl/N-ethyl adjacent to an activating group) is 1. The molecule has 8 nitrogen and oxygen atoms in total. The number of nitro groups is 1. The Bertz CT molecular complexity index is 928. The van der Waals surface area contributed by atoms with E-state index in [1.54, 1.807) is 18.9 Å². The molecule has 0 unspecified atom stereocenters. The molecule has 29 heavy (non-hydrogen) atoms. The fraction of sp³-hybridized carbons (Fsp3) is 0.300. The maximum Gasteiger partial charge on any atom is 0.271 e. The molecule has 0 bridgehead atoms. The number of non-ortho nitro benzene ring substituents is 1. The summed E-state index contributed by atoms with van der Waals surface area (Å²) in [6, 6.07) is 8.86. The van der Waals surface area contributed by atoms with Gasteiger partial charge in [-0.15, -0.1) is 0 Å². The van der Waals surface area contributed by atoms with Gasteiger partial charge in [-0.1, -0.05) is 29.8 Å². The number of anilines is 2. The van der Waals surface area contributed by atoms with Crippen molar-refractivity contribution in [2.24, 2.45) is 0 Å². The van der Waals surface area contributed by atoms with Crippen molar-refractivity contribution in [3.05, 3.63) is 62.7 Å². The van der Waals surface area contributed by atoms with Crippen molar-refractivity contribution in [3.8, 4) is 0 Å². The molecule has 2 amide bonds. The number of nitro benzene ring substituents is 1. The van der Waals surface area contributed by atoms with Gasteiger partial charge in [0.05, 0.1) is 28.2 Å². The van der Waals surface area contributed by atoms with E-state index >= 15 is 0 Å². The zero-order chi connectivity index (χ0) is 21.7. The van der Waals surface area contributed by atoms with Crippen molar-refractivity contribution in [2.45, 2.75) is 26.8 Å². The monoisotopic (exact) mass is 418 g/mol. The molecule has 2 aromatic carbocycles. The predicted molar refractivity (Wildman–Crippen MR) is 113 cm³/mol. The first kappa shape index (κ1) is 22.3. The van der Waals surface area contributed by atoms with Crippen LogP contribution in [0.3, 0.4) is 0 Å². The number of carbonyl (C=O) groups excluding carboxylic acids is 2. The predicted octanol–water partition coefficient (Wildman–Crippen LogP) is 3.76. The van der Waals surface area contributed by atoms with E-state index in [1.165, 1.54) is 18.2 Å². The molecule has 0 aliphatic heterocycles. The van der Waals surface area contributed by atoms with Gasteiger partial charge in [0.1, 0.15) is 0 Å². The number of amides is 2. The highest BCUT2D eigenvalue weighted by Gasteiger charge is 2.22. The van der Waals surface area contributed by atoms with Crippen molar-refractivity contribution in [1.29, 1.82) is 0 Å². The highest BCUT2D eigenvalue weighted by molar-refractivity contribution is 6.33. The lowest BCUT2D eigenvalue weighted by Crippen LogP contribution is -2.43. The zero-order valence-electron chi connectivity index (χ0n) is 16.7. The standard InChI is InChI=1S/C20H23ClN4O4/c1-12-6-5-7-13(2)19(12)23-18(26)11-24(4)14(3)20(27)22-17-10-15(25(28)29)8-9-16(17)21/h5-10,14H,11H2,1-4H3,(H,22,27)(H,23,26)/t14-/m0/s1. The van der Waals surface area contributed by atoms with Crippen molar-refractivity contribution in [1.82, 2.24) is 4.90 Å². The molecule has 0 aromatic heterocycles. The molecule has 1 atom stereocenters. The number of para-hydroxylation sites is 1. The first-order chi connectivity index (χ1) is 13.6. The van der Waals surface area contributed by atoms with Gasteiger partial charge in [0.2, 0.25) is 11.8 Å². The second-order valence-electron chi connectivity index (χ2n) is 6.82. The Hall–Kier alpha value is -2.97. The summed E-state index contributed by atoms with van der Waals surface area (Å²) in [7, 11) is 1.64. The lowest BCUT2D eigenvalue weighted by molar-refractivity contribution is -0.384. The van der Waals surface area contributed by atoms with Crippen molar-refractivity contribution >= 4 is 40.5 Å². The van der Waals surface area contributed by atoms with E-state index < -0.39 is 16.9 Å². The molecule has 9 heteroatoms. The first-order valence-corrected chi connectivity index (χ1v) is 9.29. The number of aryl methyl sites for hydroxylation is 2. The number of carbonyl (C=O) groups is 2. The molecule has 0 saturated heterocycles. The minimum atomic E-state index is -0.672. The first-order valence-electron chi connectivity index (χ1n) is 8.91. The summed E-state index contributed by atoms with van der Waals surface area (Å²) >= 11 is 6.02. The molecular formula is C20H23ClN4O4. The minimum absolute atomic E-state index is 0.00890. The molecular weight excluding hydrogens is 396 g/mol. The van der Waals surface area contributed by atoms with Crippen LogP contribution in [0.15, 0.2) is 36.4 Å². The lowest BCUT2D eigenvalue weighted by Gasteiger charge is -2.24. The van der Waals surface area contributed by atoms with E-state index in [0.717, 1.165) is 16.8 Å². The Kier molecular flexibility index (Phi) is 7.30. The summed E-state index contributed by atoms with van der Waals surface area (Å²) in [5.74, 6) is -0.687. The average molecular weight is 419 g/mol. The SMILES string of the molecule is Cc1cccc(C)c1NC(=O)CN(C)[C@@H](C)C(=O)Nc1cc([N+](=O)[O-])ccc1Cl. The largest absolute Gasteiger partial charge is 0.324 e. The van der Waals surface area contributed by atoms with Crippen LogP contribution in [0.1, 0.15) is 18.1 Å². The Labute approximate surface area is 174 Å². The van der Waals surface area contributed by atoms with Crippen LogP contribution >= 0.6 is 11.6 Å². The normalized spacial score (nSPS) is 11.8. The van der Waals surface area contributed by atoms with Gasteiger partial charge >= 0.3 is 0 Å². The second kappa shape index (κ2) is 9.49. The van der Waals surface area contributed by atoms with Crippen LogP contribution in [-0.2, 0) is 9.59 Å². The Morgan fingerprint density at radius 1 is 1.17 bits per heavy atom. The van der Waals surface area contributed by atoms with Crippen LogP contribution in [-0.4, -0.2) is 41.3 Å². The molecule has 2 N–H and O–H groups in total. The molecule has 154 valence electrons. The second-order valence-corrected chi connectivity index (χ2v) is 7.22. The van der Waals surface area contributed by atoms with E-state index in [-0.39, 0.29) is 28.8 Å². The van der Waals surface area contributed by atoms with Gasteiger partial charge < -0.3 is 10.6 Å². The highest BCUT2D eigenvalue weighted by atomic mass is 35.5. The van der Waals surface area contributed by atoms with Crippen LogP contribution in [0.4, 0.5) is 17.1 Å². The minimum Gasteiger partial charge on any atom is -0.324 e. The number of nitrogens with zero attached hydrogens (tertiary/aromatic N) is 2. The van der Waals surface area contributed by atoms with E-state index in [0.29, 0.717) is 0 Å². The molecule has 0 saturated carbocycles. The summed E-state index contributed by atoms with van der Waals surface area (Å²) in [4.78, 5) is 36.8. The smallest absolute Gasteiger partial charge is 0.271 e. The molecule has 0 aliphatic rings. The summed E-state index contributed by atoms with van der Waals surface area (Å²) in [6.45, 7) is 5.44. The van der Waals surface area contributed by atoms with Gasteiger partial charge in [0.25, 0.3) is 5.69 Å². The van der Waals surface area contributed by atoms with Crippen LogP contribution < -0.4 is 10.6 Å². The zero-order valence-corrected chi connectivity index (χ0v) is 17.4. The number of hydrogen-bond acceptors (Lipinski definition) is 5. The average Bonchev–Trinajstić information content (AvgIpc) is 2.65. The van der Waals surface area contributed by atoms with Gasteiger partial charge in [-0.05, 0) is 45.0 Å². The van der Waals surface area contributed by atoms with E-state index in [4.69, 9.17) is 11.6 Å². The Morgan fingerprint density at radius 2 is 1.79 bits per heavy atom. The van der Waals surface area contributed by atoms with Crippen molar-refractivity contribution in [3.63, 3.8) is 0 Å². The highest BCUT2D eigenvalue weighted by Crippen LogP contribution is 2.27. The molecule has 0 fully saturated rings. The topological polar surface area (TPSA) is 105 Å². The number of nitrogens with one attached hydrogen (secondary N) is 2. The third-order valence-electron chi connectivity index (χ3n) is 4.60. The number of benzene rings is 2. The number of rotatable bonds is 7. The summed E-state index contributed by atoms with van der Waals surface area (Å²) in [5, 5.41) is 16.5. The van der Waals surface area contributed by atoms with Crippen LogP contribution in [0, 0.1) is 24.0 Å². The fourth-order valence-electron chi connectivity index (χ4n) is 2.71. The summed E-state index contributed by atoms with van der Waals surface area (Å²) in [6.07, 6.45) is 0. The third-order valence-corrected chi connectivity index (χ3v) is 4.93. The van der Waals surface area contributed by atoms with Crippen LogP contribution in [0.25, 0.3) is 0 Å².